The average molecular weight is 175 g/mol. The lowest BCUT2D eigenvalue weighted by molar-refractivity contribution is 0.0698. The van der Waals surface area contributed by atoms with E-state index in [1.165, 1.54) is 0 Å². The minimum absolute atomic E-state index is 0.343. The number of carboxylic acid groups (broad SMARTS) is 1. The Bertz CT molecular complexity index is 471. The number of hydrogen-bond donors (Lipinski definition) is 1. The van der Waals surface area contributed by atoms with Crippen molar-refractivity contribution in [3.8, 4) is 0 Å². The van der Waals surface area contributed by atoms with Crippen LogP contribution >= 0.6 is 0 Å². The summed E-state index contributed by atoms with van der Waals surface area (Å²) in [5, 5.41) is 8.88. The van der Waals surface area contributed by atoms with Crippen LogP contribution in [0.15, 0.2) is 30.6 Å². The summed E-state index contributed by atoms with van der Waals surface area (Å²) in [7, 11) is 0. The third-order valence-electron chi connectivity index (χ3n) is 2.00. The highest BCUT2D eigenvalue weighted by Crippen LogP contribution is 2.14. The molecule has 0 radical (unpaired) electrons. The number of nitrogens with zero attached hydrogens (tertiary/aromatic N) is 1. The van der Waals surface area contributed by atoms with E-state index in [1.807, 2.05) is 29.8 Å². The number of carboxylic acids is 1. The Morgan fingerprint density at radius 1 is 1.54 bits per heavy atom. The van der Waals surface area contributed by atoms with Crippen molar-refractivity contribution < 1.29 is 9.90 Å². The van der Waals surface area contributed by atoms with Crippen LogP contribution in [0.1, 0.15) is 15.9 Å². The largest absolute Gasteiger partial charge is 0.478 e. The van der Waals surface area contributed by atoms with Gasteiger partial charge in [-0.2, -0.15) is 0 Å². The van der Waals surface area contributed by atoms with Gasteiger partial charge in [0.1, 0.15) is 0 Å². The van der Waals surface area contributed by atoms with Gasteiger partial charge < -0.3 is 9.51 Å². The quantitative estimate of drug-likeness (QED) is 0.719. The standard InChI is InChI=1S/C10H9NO2/c1-7-5-9-8(10(12)13)3-2-4-11(9)6-7/h2-6H,1H3,(H,12,13). The summed E-state index contributed by atoms with van der Waals surface area (Å²) in [6, 6.07) is 5.20. The monoisotopic (exact) mass is 175 g/mol. The van der Waals surface area contributed by atoms with E-state index in [2.05, 4.69) is 0 Å². The van der Waals surface area contributed by atoms with E-state index in [0.29, 0.717) is 5.56 Å². The maximum atomic E-state index is 10.8. The molecule has 0 saturated heterocycles. The highest BCUT2D eigenvalue weighted by molar-refractivity contribution is 5.95. The molecule has 3 nitrogen and oxygen atoms in total. The summed E-state index contributed by atoms with van der Waals surface area (Å²) in [5.74, 6) is -0.885. The zero-order valence-electron chi connectivity index (χ0n) is 7.19. The minimum atomic E-state index is -0.885. The van der Waals surface area contributed by atoms with Crippen LogP contribution in [0, 0.1) is 6.92 Å². The van der Waals surface area contributed by atoms with Crippen molar-refractivity contribution in [3.63, 3.8) is 0 Å². The molecule has 0 saturated carbocycles. The van der Waals surface area contributed by atoms with E-state index in [1.54, 1.807) is 12.1 Å². The molecule has 0 aliphatic rings. The number of hydrogen-bond acceptors (Lipinski definition) is 1. The molecule has 0 amide bonds. The second kappa shape index (κ2) is 2.62. The molecule has 1 N–H and O–H groups in total. The van der Waals surface area contributed by atoms with Crippen LogP contribution in [-0.4, -0.2) is 15.5 Å². The molecule has 0 aliphatic carbocycles. The van der Waals surface area contributed by atoms with Crippen LogP contribution in [0.4, 0.5) is 0 Å². The Morgan fingerprint density at radius 3 is 3.00 bits per heavy atom. The maximum Gasteiger partial charge on any atom is 0.337 e. The molecular weight excluding hydrogens is 166 g/mol. The first-order valence-electron chi connectivity index (χ1n) is 3.99. The molecule has 2 aromatic rings. The molecule has 13 heavy (non-hydrogen) atoms. The van der Waals surface area contributed by atoms with E-state index >= 15 is 0 Å². The second-order valence-electron chi connectivity index (χ2n) is 3.04. The number of fused-ring (bicyclic) bond motifs is 1. The van der Waals surface area contributed by atoms with E-state index in [4.69, 9.17) is 5.11 Å². The van der Waals surface area contributed by atoms with Crippen molar-refractivity contribution in [3.05, 3.63) is 41.7 Å². The lowest BCUT2D eigenvalue weighted by Crippen LogP contribution is -1.98. The fraction of sp³-hybridized carbons (Fsp3) is 0.100. The molecule has 0 bridgehead atoms. The molecule has 0 aromatic carbocycles. The van der Waals surface area contributed by atoms with Crippen molar-refractivity contribution in [2.75, 3.05) is 0 Å². The normalized spacial score (nSPS) is 10.5. The fourth-order valence-corrected chi connectivity index (χ4v) is 1.45. The van der Waals surface area contributed by atoms with Gasteiger partial charge in [-0.25, -0.2) is 4.79 Å². The van der Waals surface area contributed by atoms with Crippen LogP contribution in [0.3, 0.4) is 0 Å². The lowest BCUT2D eigenvalue weighted by atomic mass is 10.2. The molecule has 2 rings (SSSR count). The summed E-state index contributed by atoms with van der Waals surface area (Å²) >= 11 is 0. The Balaban J connectivity index is 2.82. The van der Waals surface area contributed by atoms with E-state index < -0.39 is 5.97 Å². The first kappa shape index (κ1) is 7.86. The zero-order chi connectivity index (χ0) is 9.42. The lowest BCUT2D eigenvalue weighted by Gasteiger charge is -1.97. The Labute approximate surface area is 75.2 Å². The smallest absolute Gasteiger partial charge is 0.337 e. The van der Waals surface area contributed by atoms with Gasteiger partial charge in [0.05, 0.1) is 11.1 Å². The number of aryl methyl sites for hydroxylation is 1. The van der Waals surface area contributed by atoms with Crippen LogP contribution in [0.25, 0.3) is 5.52 Å². The van der Waals surface area contributed by atoms with E-state index in [-0.39, 0.29) is 0 Å². The maximum absolute atomic E-state index is 10.8. The molecule has 3 heteroatoms. The van der Waals surface area contributed by atoms with Gasteiger partial charge in [-0.15, -0.1) is 0 Å². The Morgan fingerprint density at radius 2 is 2.31 bits per heavy atom. The number of aromatic carboxylic acids is 1. The summed E-state index contributed by atoms with van der Waals surface area (Å²) in [4.78, 5) is 10.8. The molecule has 0 unspecified atom stereocenters. The summed E-state index contributed by atoms with van der Waals surface area (Å²) in [5.41, 5.74) is 2.15. The van der Waals surface area contributed by atoms with Gasteiger partial charge >= 0.3 is 5.97 Å². The van der Waals surface area contributed by atoms with Gasteiger partial charge in [-0.1, -0.05) is 0 Å². The molecule has 2 aromatic heterocycles. The van der Waals surface area contributed by atoms with Crippen molar-refractivity contribution >= 4 is 11.5 Å². The van der Waals surface area contributed by atoms with Crippen molar-refractivity contribution in [2.45, 2.75) is 6.92 Å². The van der Waals surface area contributed by atoms with Crippen molar-refractivity contribution in [1.29, 1.82) is 0 Å². The topological polar surface area (TPSA) is 41.7 Å². The predicted octanol–water partition coefficient (Wildman–Crippen LogP) is 1.95. The summed E-state index contributed by atoms with van der Waals surface area (Å²) in [6.07, 6.45) is 3.75. The first-order valence-corrected chi connectivity index (χ1v) is 3.99. The highest BCUT2D eigenvalue weighted by atomic mass is 16.4. The number of pyridine rings is 1. The molecule has 2 heterocycles. The van der Waals surface area contributed by atoms with Gasteiger partial charge in [0.15, 0.2) is 0 Å². The number of aromatic nitrogens is 1. The first-order chi connectivity index (χ1) is 6.18. The van der Waals surface area contributed by atoms with E-state index in [9.17, 15) is 4.79 Å². The van der Waals surface area contributed by atoms with Crippen molar-refractivity contribution in [1.82, 2.24) is 4.40 Å². The Hall–Kier alpha value is -1.77. The fourth-order valence-electron chi connectivity index (χ4n) is 1.45. The average Bonchev–Trinajstić information content (AvgIpc) is 2.43. The summed E-state index contributed by atoms with van der Waals surface area (Å²) in [6.45, 7) is 1.94. The van der Waals surface area contributed by atoms with Gasteiger partial charge in [0.2, 0.25) is 0 Å². The molecule has 0 aliphatic heterocycles. The number of carbonyl (C=O) groups is 1. The second-order valence-corrected chi connectivity index (χ2v) is 3.04. The predicted molar refractivity (Wildman–Crippen MR) is 49.1 cm³/mol. The SMILES string of the molecule is Cc1cc2c(C(=O)O)cccn2c1. The molecule has 66 valence electrons. The van der Waals surface area contributed by atoms with E-state index in [0.717, 1.165) is 11.1 Å². The van der Waals surface area contributed by atoms with Gasteiger partial charge in [-0.3, -0.25) is 0 Å². The van der Waals surface area contributed by atoms with Crippen LogP contribution in [-0.2, 0) is 0 Å². The van der Waals surface area contributed by atoms with Gasteiger partial charge in [0, 0.05) is 12.4 Å². The summed E-state index contributed by atoms with van der Waals surface area (Å²) < 4.78 is 1.82. The van der Waals surface area contributed by atoms with Crippen molar-refractivity contribution in [2.24, 2.45) is 0 Å². The Kier molecular flexibility index (Phi) is 1.59. The van der Waals surface area contributed by atoms with Crippen LogP contribution in [0.5, 0.6) is 0 Å². The molecule has 0 atom stereocenters. The molecular formula is C10H9NO2. The minimum Gasteiger partial charge on any atom is -0.478 e. The molecule has 0 spiro atoms. The molecule has 0 fully saturated rings. The van der Waals surface area contributed by atoms with Crippen LogP contribution < -0.4 is 0 Å². The number of rotatable bonds is 1. The third kappa shape index (κ3) is 1.18. The highest BCUT2D eigenvalue weighted by Gasteiger charge is 2.07. The zero-order valence-corrected chi connectivity index (χ0v) is 7.19. The van der Waals surface area contributed by atoms with Gasteiger partial charge in [-0.05, 0) is 30.7 Å². The van der Waals surface area contributed by atoms with Gasteiger partial charge in [0.25, 0.3) is 0 Å². The van der Waals surface area contributed by atoms with Crippen LogP contribution in [0.2, 0.25) is 0 Å². The third-order valence-corrected chi connectivity index (χ3v) is 2.00.